The molecule has 4 heteroatoms. The lowest BCUT2D eigenvalue weighted by Crippen LogP contribution is -2.18. The van der Waals surface area contributed by atoms with Gasteiger partial charge in [0, 0.05) is 21.0 Å². The Balaban J connectivity index is 2.06. The number of hydrogen-bond donors (Lipinski definition) is 0. The third-order valence-electron chi connectivity index (χ3n) is 3.87. The summed E-state index contributed by atoms with van der Waals surface area (Å²) in [6.45, 7) is 4.91. The first kappa shape index (κ1) is 14.9. The van der Waals surface area contributed by atoms with Gasteiger partial charge in [0.05, 0.1) is 12.0 Å². The van der Waals surface area contributed by atoms with Crippen LogP contribution in [0.1, 0.15) is 35.9 Å². The highest BCUT2D eigenvalue weighted by atomic mass is 79.9. The van der Waals surface area contributed by atoms with Crippen molar-refractivity contribution in [2.75, 3.05) is 6.61 Å². The summed E-state index contributed by atoms with van der Waals surface area (Å²) in [5.41, 5.74) is 2.42. The summed E-state index contributed by atoms with van der Waals surface area (Å²) in [6, 6.07) is 10.7. The minimum Gasteiger partial charge on any atom is -0.492 e. The molecule has 0 saturated heterocycles. The van der Waals surface area contributed by atoms with E-state index in [1.807, 2.05) is 18.2 Å². The quantitative estimate of drug-likeness (QED) is 0.627. The van der Waals surface area contributed by atoms with E-state index in [-0.39, 0.29) is 11.2 Å². The van der Waals surface area contributed by atoms with E-state index in [0.29, 0.717) is 16.6 Å². The van der Waals surface area contributed by atoms with Gasteiger partial charge in [-0.05, 0) is 29.8 Å². The molecule has 0 radical (unpaired) electrons. The second-order valence-corrected chi connectivity index (χ2v) is 7.22. The van der Waals surface area contributed by atoms with Crippen LogP contribution in [-0.4, -0.2) is 6.61 Å². The number of benzene rings is 2. The molecule has 0 aliphatic carbocycles. The predicted molar refractivity (Wildman–Crippen MR) is 86.8 cm³/mol. The largest absolute Gasteiger partial charge is 0.492 e. The van der Waals surface area contributed by atoms with Crippen LogP contribution in [0.25, 0.3) is 0 Å². The van der Waals surface area contributed by atoms with E-state index in [1.54, 1.807) is 12.1 Å². The first-order valence-corrected chi connectivity index (χ1v) is 7.98. The van der Waals surface area contributed by atoms with Crippen molar-refractivity contribution < 1.29 is 9.13 Å². The van der Waals surface area contributed by atoms with Gasteiger partial charge in [0.15, 0.2) is 0 Å². The molecule has 0 amide bonds. The Morgan fingerprint density at radius 1 is 1.29 bits per heavy atom. The van der Waals surface area contributed by atoms with E-state index in [1.165, 1.54) is 6.07 Å². The van der Waals surface area contributed by atoms with Crippen molar-refractivity contribution in [2.24, 2.45) is 0 Å². The molecule has 3 rings (SSSR count). The first-order valence-electron chi connectivity index (χ1n) is 6.75. The maximum atomic E-state index is 14.1. The van der Waals surface area contributed by atoms with Gasteiger partial charge in [-0.3, -0.25) is 0 Å². The predicted octanol–water partition coefficient (Wildman–Crippen LogP) is 5.59. The summed E-state index contributed by atoms with van der Waals surface area (Å²) in [6.07, 6.45) is 0. The molecule has 0 bridgehead atoms. The Morgan fingerprint density at radius 3 is 2.76 bits per heavy atom. The zero-order valence-electron chi connectivity index (χ0n) is 11.8. The molecule has 0 fully saturated rings. The zero-order valence-corrected chi connectivity index (χ0v) is 14.1. The summed E-state index contributed by atoms with van der Waals surface area (Å²) in [5, 5.41) is -0.540. The van der Waals surface area contributed by atoms with E-state index in [2.05, 4.69) is 29.8 Å². The monoisotopic (exact) mass is 368 g/mol. The van der Waals surface area contributed by atoms with Crippen LogP contribution in [0.2, 0.25) is 0 Å². The molecule has 0 spiro atoms. The van der Waals surface area contributed by atoms with Gasteiger partial charge in [0.1, 0.15) is 11.6 Å². The van der Waals surface area contributed by atoms with Gasteiger partial charge < -0.3 is 4.74 Å². The van der Waals surface area contributed by atoms with Crippen LogP contribution in [0.4, 0.5) is 4.39 Å². The second kappa shape index (κ2) is 5.29. The highest BCUT2D eigenvalue weighted by molar-refractivity contribution is 9.10. The molecule has 1 aliphatic rings. The third-order valence-corrected chi connectivity index (χ3v) is 5.03. The standard InChI is InChI=1S/C17H15BrClFO/c1-17(2)9-21-14-7-6-10(8-11(14)17)16(19)15-12(18)4-3-5-13(15)20/h3-8,16H,9H2,1-2H3. The van der Waals surface area contributed by atoms with Crippen LogP contribution in [-0.2, 0) is 5.41 Å². The maximum Gasteiger partial charge on any atom is 0.129 e. The average Bonchev–Trinajstić information content (AvgIpc) is 2.74. The molecule has 1 atom stereocenters. The van der Waals surface area contributed by atoms with Gasteiger partial charge in [-0.25, -0.2) is 4.39 Å². The number of alkyl halides is 1. The molecular formula is C17H15BrClFO. The number of hydrogen-bond acceptors (Lipinski definition) is 1. The van der Waals surface area contributed by atoms with Crippen molar-refractivity contribution in [3.63, 3.8) is 0 Å². The number of halogens is 3. The fourth-order valence-corrected chi connectivity index (χ4v) is 3.68. The van der Waals surface area contributed by atoms with Crippen molar-refractivity contribution in [2.45, 2.75) is 24.6 Å². The number of fused-ring (bicyclic) bond motifs is 1. The Hall–Kier alpha value is -1.06. The third kappa shape index (κ3) is 2.58. The summed E-state index contributed by atoms with van der Waals surface area (Å²) >= 11 is 9.91. The highest BCUT2D eigenvalue weighted by Crippen LogP contribution is 2.42. The van der Waals surface area contributed by atoms with Gasteiger partial charge in [-0.15, -0.1) is 11.6 Å². The van der Waals surface area contributed by atoms with Gasteiger partial charge in [-0.1, -0.05) is 41.9 Å². The lowest BCUT2D eigenvalue weighted by Gasteiger charge is -2.18. The topological polar surface area (TPSA) is 9.23 Å². The van der Waals surface area contributed by atoms with Crippen LogP contribution in [0.5, 0.6) is 5.75 Å². The lowest BCUT2D eigenvalue weighted by atomic mass is 9.85. The molecule has 2 aromatic carbocycles. The molecule has 2 aromatic rings. The second-order valence-electron chi connectivity index (χ2n) is 5.93. The molecular weight excluding hydrogens is 355 g/mol. The summed E-state index contributed by atoms with van der Waals surface area (Å²) < 4.78 is 20.4. The fraction of sp³-hybridized carbons (Fsp3) is 0.294. The van der Waals surface area contributed by atoms with Gasteiger partial charge in [0.2, 0.25) is 0 Å². The minimum atomic E-state index is -0.540. The first-order chi connectivity index (χ1) is 9.90. The highest BCUT2D eigenvalue weighted by Gasteiger charge is 2.32. The molecule has 1 heterocycles. The summed E-state index contributed by atoms with van der Waals surface area (Å²) in [5.74, 6) is 0.584. The van der Waals surface area contributed by atoms with Crippen molar-refractivity contribution in [3.05, 3.63) is 63.4 Å². The van der Waals surface area contributed by atoms with E-state index >= 15 is 0 Å². The normalized spacial score (nSPS) is 17.2. The molecule has 0 saturated carbocycles. The lowest BCUT2D eigenvalue weighted by molar-refractivity contribution is 0.291. The molecule has 0 N–H and O–H groups in total. The van der Waals surface area contributed by atoms with Crippen LogP contribution < -0.4 is 4.74 Å². The SMILES string of the molecule is CC1(C)COc2ccc(C(Cl)c3c(F)cccc3Br)cc21. The van der Waals surface area contributed by atoms with Gasteiger partial charge in [-0.2, -0.15) is 0 Å². The van der Waals surface area contributed by atoms with Crippen LogP contribution >= 0.6 is 27.5 Å². The minimum absolute atomic E-state index is 0.0472. The Labute approximate surface area is 137 Å². The number of ether oxygens (including phenoxy) is 1. The molecule has 1 aliphatic heterocycles. The summed E-state index contributed by atoms with van der Waals surface area (Å²) in [7, 11) is 0. The van der Waals surface area contributed by atoms with Crippen molar-refractivity contribution in [3.8, 4) is 5.75 Å². The Morgan fingerprint density at radius 2 is 2.05 bits per heavy atom. The van der Waals surface area contributed by atoms with E-state index in [9.17, 15) is 4.39 Å². The van der Waals surface area contributed by atoms with Gasteiger partial charge >= 0.3 is 0 Å². The molecule has 1 nitrogen and oxygen atoms in total. The van der Waals surface area contributed by atoms with Crippen LogP contribution in [0, 0.1) is 5.82 Å². The maximum absolute atomic E-state index is 14.1. The fourth-order valence-electron chi connectivity index (χ4n) is 2.62. The van der Waals surface area contributed by atoms with Crippen molar-refractivity contribution in [1.29, 1.82) is 0 Å². The van der Waals surface area contributed by atoms with E-state index < -0.39 is 5.38 Å². The number of rotatable bonds is 2. The molecule has 0 aromatic heterocycles. The average molecular weight is 370 g/mol. The van der Waals surface area contributed by atoms with Crippen LogP contribution in [0.3, 0.4) is 0 Å². The smallest absolute Gasteiger partial charge is 0.129 e. The molecule has 1 unspecified atom stereocenters. The van der Waals surface area contributed by atoms with E-state index in [0.717, 1.165) is 16.9 Å². The Bertz CT molecular complexity index is 679. The molecule has 110 valence electrons. The van der Waals surface area contributed by atoms with Crippen LogP contribution in [0.15, 0.2) is 40.9 Å². The molecule has 21 heavy (non-hydrogen) atoms. The van der Waals surface area contributed by atoms with Crippen molar-refractivity contribution >= 4 is 27.5 Å². The zero-order chi connectivity index (χ0) is 15.2. The Kier molecular flexibility index (Phi) is 3.74. The summed E-state index contributed by atoms with van der Waals surface area (Å²) in [4.78, 5) is 0. The van der Waals surface area contributed by atoms with Gasteiger partial charge in [0.25, 0.3) is 0 Å². The van der Waals surface area contributed by atoms with Crippen molar-refractivity contribution in [1.82, 2.24) is 0 Å². The van der Waals surface area contributed by atoms with E-state index in [4.69, 9.17) is 16.3 Å².